The van der Waals surface area contributed by atoms with Crippen molar-refractivity contribution in [2.45, 2.75) is 19.9 Å². The zero-order valence-corrected chi connectivity index (χ0v) is 11.6. The highest BCUT2D eigenvalue weighted by molar-refractivity contribution is 6.01. The SMILES string of the molecule is COc1cccc([N+](=O)[O-])c1C(=O)NC(C)C(C)CO. The fourth-order valence-electron chi connectivity index (χ4n) is 1.65. The number of nitro groups is 1. The molecule has 20 heavy (non-hydrogen) atoms. The molecule has 0 aliphatic rings. The fraction of sp³-hybridized carbons (Fsp3) is 0.462. The van der Waals surface area contributed by atoms with Crippen LogP contribution in [-0.2, 0) is 0 Å². The number of carbonyl (C=O) groups is 1. The van der Waals surface area contributed by atoms with Crippen LogP contribution in [0.3, 0.4) is 0 Å². The van der Waals surface area contributed by atoms with E-state index in [0.717, 1.165) is 0 Å². The molecule has 0 fully saturated rings. The first-order valence-electron chi connectivity index (χ1n) is 6.15. The van der Waals surface area contributed by atoms with Crippen LogP contribution in [0.1, 0.15) is 24.2 Å². The Morgan fingerprint density at radius 2 is 2.15 bits per heavy atom. The molecule has 7 heteroatoms. The maximum Gasteiger partial charge on any atom is 0.285 e. The summed E-state index contributed by atoms with van der Waals surface area (Å²) in [4.78, 5) is 22.6. The predicted molar refractivity (Wildman–Crippen MR) is 72.8 cm³/mol. The van der Waals surface area contributed by atoms with Crippen LogP contribution in [0, 0.1) is 16.0 Å². The number of nitrogens with zero attached hydrogens (tertiary/aromatic N) is 1. The van der Waals surface area contributed by atoms with Crippen LogP contribution >= 0.6 is 0 Å². The first kappa shape index (κ1) is 15.9. The normalized spacial score (nSPS) is 13.4. The molecule has 0 bridgehead atoms. The molecule has 1 aromatic carbocycles. The molecule has 0 aromatic heterocycles. The molecular formula is C13H18N2O5. The van der Waals surface area contributed by atoms with Crippen molar-refractivity contribution in [3.63, 3.8) is 0 Å². The number of carbonyl (C=O) groups excluding carboxylic acids is 1. The van der Waals surface area contributed by atoms with Gasteiger partial charge >= 0.3 is 0 Å². The van der Waals surface area contributed by atoms with Gasteiger partial charge in [-0.2, -0.15) is 0 Å². The second-order valence-electron chi connectivity index (χ2n) is 4.53. The summed E-state index contributed by atoms with van der Waals surface area (Å²) >= 11 is 0. The van der Waals surface area contributed by atoms with Crippen LogP contribution in [0.15, 0.2) is 18.2 Å². The van der Waals surface area contributed by atoms with Crippen molar-refractivity contribution < 1.29 is 19.6 Å². The van der Waals surface area contributed by atoms with Gasteiger partial charge in [0.15, 0.2) is 5.56 Å². The summed E-state index contributed by atoms with van der Waals surface area (Å²) in [5, 5.41) is 22.7. The van der Waals surface area contributed by atoms with Crippen molar-refractivity contribution in [1.82, 2.24) is 5.32 Å². The van der Waals surface area contributed by atoms with Gasteiger partial charge in [0, 0.05) is 18.7 Å². The number of rotatable bonds is 6. The Morgan fingerprint density at radius 3 is 2.65 bits per heavy atom. The van der Waals surface area contributed by atoms with Crippen molar-refractivity contribution in [3.05, 3.63) is 33.9 Å². The molecule has 0 heterocycles. The molecular weight excluding hydrogens is 264 g/mol. The van der Waals surface area contributed by atoms with E-state index in [1.54, 1.807) is 13.8 Å². The Kier molecular flexibility index (Phi) is 5.45. The molecule has 1 amide bonds. The van der Waals surface area contributed by atoms with Gasteiger partial charge in [0.2, 0.25) is 0 Å². The average molecular weight is 282 g/mol. The summed E-state index contributed by atoms with van der Waals surface area (Å²) in [5.74, 6) is -0.616. The third kappa shape index (κ3) is 3.45. The number of hydrogen-bond donors (Lipinski definition) is 2. The lowest BCUT2D eigenvalue weighted by atomic mass is 10.0. The minimum absolute atomic E-state index is 0.0878. The summed E-state index contributed by atoms with van der Waals surface area (Å²) in [5.41, 5.74) is -0.428. The lowest BCUT2D eigenvalue weighted by Crippen LogP contribution is -2.38. The Labute approximate surface area is 116 Å². The van der Waals surface area contributed by atoms with Gasteiger partial charge in [0.1, 0.15) is 5.75 Å². The molecule has 0 radical (unpaired) electrons. The number of methoxy groups -OCH3 is 1. The van der Waals surface area contributed by atoms with Crippen molar-refractivity contribution in [2.24, 2.45) is 5.92 Å². The van der Waals surface area contributed by atoms with Gasteiger partial charge in [-0.25, -0.2) is 0 Å². The van der Waals surface area contributed by atoms with Crippen molar-refractivity contribution in [1.29, 1.82) is 0 Å². The predicted octanol–water partition coefficient (Wildman–Crippen LogP) is 1.35. The Morgan fingerprint density at radius 1 is 1.50 bits per heavy atom. The van der Waals surface area contributed by atoms with Gasteiger partial charge < -0.3 is 15.2 Å². The maximum absolute atomic E-state index is 12.2. The van der Waals surface area contributed by atoms with Crippen molar-refractivity contribution >= 4 is 11.6 Å². The molecule has 0 spiro atoms. The van der Waals surface area contributed by atoms with Gasteiger partial charge in [0.25, 0.3) is 11.6 Å². The van der Waals surface area contributed by atoms with Crippen LogP contribution in [-0.4, -0.2) is 35.7 Å². The topological polar surface area (TPSA) is 102 Å². The van der Waals surface area contributed by atoms with E-state index < -0.39 is 10.8 Å². The van der Waals surface area contributed by atoms with E-state index in [4.69, 9.17) is 9.84 Å². The molecule has 0 saturated heterocycles. The minimum atomic E-state index is -0.627. The van der Waals surface area contributed by atoms with E-state index in [-0.39, 0.29) is 35.6 Å². The molecule has 2 N–H and O–H groups in total. The standard InChI is InChI=1S/C13H18N2O5/c1-8(7-16)9(2)14-13(17)12-10(15(18)19)5-4-6-11(12)20-3/h4-6,8-9,16H,7H2,1-3H3,(H,14,17). The lowest BCUT2D eigenvalue weighted by molar-refractivity contribution is -0.385. The fourth-order valence-corrected chi connectivity index (χ4v) is 1.65. The zero-order valence-electron chi connectivity index (χ0n) is 11.6. The molecule has 1 rings (SSSR count). The van der Waals surface area contributed by atoms with Crippen LogP contribution in [0.2, 0.25) is 0 Å². The van der Waals surface area contributed by atoms with Crippen LogP contribution in [0.25, 0.3) is 0 Å². The molecule has 0 saturated carbocycles. The maximum atomic E-state index is 12.2. The lowest BCUT2D eigenvalue weighted by Gasteiger charge is -2.19. The average Bonchev–Trinajstić information content (AvgIpc) is 2.44. The van der Waals surface area contributed by atoms with E-state index in [9.17, 15) is 14.9 Å². The van der Waals surface area contributed by atoms with Crippen molar-refractivity contribution in [3.8, 4) is 5.75 Å². The number of ether oxygens (including phenoxy) is 1. The number of amides is 1. The van der Waals surface area contributed by atoms with E-state index in [1.807, 2.05) is 0 Å². The number of hydrogen-bond acceptors (Lipinski definition) is 5. The van der Waals surface area contributed by atoms with Crippen LogP contribution < -0.4 is 10.1 Å². The minimum Gasteiger partial charge on any atom is -0.496 e. The first-order valence-corrected chi connectivity index (χ1v) is 6.15. The molecule has 110 valence electrons. The van der Waals surface area contributed by atoms with Gasteiger partial charge in [-0.3, -0.25) is 14.9 Å². The third-order valence-electron chi connectivity index (χ3n) is 3.15. The summed E-state index contributed by atoms with van der Waals surface area (Å²) < 4.78 is 5.01. The summed E-state index contributed by atoms with van der Waals surface area (Å²) in [7, 11) is 1.34. The van der Waals surface area contributed by atoms with E-state index in [1.165, 1.54) is 25.3 Å². The van der Waals surface area contributed by atoms with Gasteiger partial charge in [0.05, 0.1) is 12.0 Å². The second-order valence-corrected chi connectivity index (χ2v) is 4.53. The largest absolute Gasteiger partial charge is 0.496 e. The van der Waals surface area contributed by atoms with Gasteiger partial charge in [-0.15, -0.1) is 0 Å². The van der Waals surface area contributed by atoms with Crippen LogP contribution in [0.5, 0.6) is 5.75 Å². The molecule has 0 aliphatic carbocycles. The Hall–Kier alpha value is -2.15. The Balaban J connectivity index is 3.11. The zero-order chi connectivity index (χ0) is 15.3. The quantitative estimate of drug-likeness (QED) is 0.605. The van der Waals surface area contributed by atoms with Crippen LogP contribution in [0.4, 0.5) is 5.69 Å². The number of aliphatic hydroxyl groups excluding tert-OH is 1. The number of nitrogens with one attached hydrogen (secondary N) is 1. The monoisotopic (exact) mass is 282 g/mol. The molecule has 0 aliphatic heterocycles. The molecule has 2 atom stereocenters. The summed E-state index contributed by atoms with van der Waals surface area (Å²) in [6, 6.07) is 3.87. The van der Waals surface area contributed by atoms with E-state index >= 15 is 0 Å². The first-order chi connectivity index (χ1) is 9.42. The second kappa shape index (κ2) is 6.85. The van der Waals surface area contributed by atoms with Gasteiger partial charge in [-0.1, -0.05) is 13.0 Å². The smallest absolute Gasteiger partial charge is 0.285 e. The van der Waals surface area contributed by atoms with E-state index in [0.29, 0.717) is 0 Å². The number of aliphatic hydroxyl groups is 1. The molecule has 7 nitrogen and oxygen atoms in total. The highest BCUT2D eigenvalue weighted by atomic mass is 16.6. The number of benzene rings is 1. The molecule has 2 unspecified atom stereocenters. The third-order valence-corrected chi connectivity index (χ3v) is 3.15. The number of nitro benzene ring substituents is 1. The van der Waals surface area contributed by atoms with Gasteiger partial charge in [-0.05, 0) is 18.9 Å². The highest BCUT2D eigenvalue weighted by Crippen LogP contribution is 2.28. The summed E-state index contributed by atoms with van der Waals surface area (Å²) in [6.45, 7) is 3.40. The van der Waals surface area contributed by atoms with Crippen molar-refractivity contribution in [2.75, 3.05) is 13.7 Å². The summed E-state index contributed by atoms with van der Waals surface area (Å²) in [6.07, 6.45) is 0. The van der Waals surface area contributed by atoms with E-state index in [2.05, 4.69) is 5.32 Å². The molecule has 1 aromatic rings. The highest BCUT2D eigenvalue weighted by Gasteiger charge is 2.26. The Bertz CT molecular complexity index is 504.